The molecule has 0 saturated carbocycles. The van der Waals surface area contributed by atoms with Crippen LogP contribution in [0.2, 0.25) is 0 Å². The molecule has 2 N–H and O–H groups in total. The highest BCUT2D eigenvalue weighted by atomic mass is 19.1. The summed E-state index contributed by atoms with van der Waals surface area (Å²) in [7, 11) is 0. The fourth-order valence-electron chi connectivity index (χ4n) is 2.71. The van der Waals surface area contributed by atoms with Gasteiger partial charge in [0.25, 0.3) is 0 Å². The van der Waals surface area contributed by atoms with Crippen molar-refractivity contribution in [2.24, 2.45) is 5.73 Å². The van der Waals surface area contributed by atoms with E-state index in [4.69, 9.17) is 10.7 Å². The lowest BCUT2D eigenvalue weighted by atomic mass is 10.1. The molecule has 0 aliphatic carbocycles. The molecule has 3 rings (SSSR count). The van der Waals surface area contributed by atoms with Crippen LogP contribution in [0.5, 0.6) is 0 Å². The zero-order valence-corrected chi connectivity index (χ0v) is 12.2. The van der Waals surface area contributed by atoms with Gasteiger partial charge >= 0.3 is 0 Å². The van der Waals surface area contributed by atoms with E-state index in [2.05, 4.69) is 17.6 Å². The summed E-state index contributed by atoms with van der Waals surface area (Å²) in [6.45, 7) is 5.30. The fraction of sp³-hybridized carbons (Fsp3) is 0.235. The van der Waals surface area contributed by atoms with Gasteiger partial charge in [0.05, 0.1) is 11.0 Å². The molecular formula is C17H18FN3. The minimum Gasteiger partial charge on any atom is -0.326 e. The van der Waals surface area contributed by atoms with E-state index in [-0.39, 0.29) is 5.82 Å². The molecule has 0 atom stereocenters. The van der Waals surface area contributed by atoms with Gasteiger partial charge in [0.2, 0.25) is 0 Å². The van der Waals surface area contributed by atoms with Crippen LogP contribution in [0, 0.1) is 12.7 Å². The van der Waals surface area contributed by atoms with Crippen LogP contribution in [0.4, 0.5) is 4.39 Å². The van der Waals surface area contributed by atoms with Gasteiger partial charge in [0, 0.05) is 18.7 Å². The first-order chi connectivity index (χ1) is 10.1. The fourth-order valence-corrected chi connectivity index (χ4v) is 2.71. The van der Waals surface area contributed by atoms with E-state index in [1.54, 1.807) is 12.1 Å². The molecule has 108 valence electrons. The van der Waals surface area contributed by atoms with E-state index < -0.39 is 0 Å². The van der Waals surface area contributed by atoms with Gasteiger partial charge in [-0.2, -0.15) is 0 Å². The van der Waals surface area contributed by atoms with Crippen molar-refractivity contribution in [1.29, 1.82) is 0 Å². The van der Waals surface area contributed by atoms with E-state index in [1.165, 1.54) is 6.07 Å². The molecule has 0 fully saturated rings. The predicted octanol–water partition coefficient (Wildman–Crippen LogP) is 3.63. The Kier molecular flexibility index (Phi) is 3.47. The third kappa shape index (κ3) is 2.32. The molecule has 3 nitrogen and oxygen atoms in total. The molecule has 0 saturated heterocycles. The number of rotatable bonds is 3. The van der Waals surface area contributed by atoms with Gasteiger partial charge < -0.3 is 10.3 Å². The monoisotopic (exact) mass is 283 g/mol. The average molecular weight is 283 g/mol. The van der Waals surface area contributed by atoms with E-state index in [9.17, 15) is 4.39 Å². The van der Waals surface area contributed by atoms with Crippen molar-refractivity contribution >= 4 is 11.0 Å². The van der Waals surface area contributed by atoms with Crippen molar-refractivity contribution in [2.45, 2.75) is 26.9 Å². The summed E-state index contributed by atoms with van der Waals surface area (Å²) in [4.78, 5) is 4.74. The molecule has 1 heterocycles. The third-order valence-electron chi connectivity index (χ3n) is 3.79. The van der Waals surface area contributed by atoms with E-state index >= 15 is 0 Å². The van der Waals surface area contributed by atoms with Crippen LogP contribution in [0.25, 0.3) is 22.4 Å². The minimum absolute atomic E-state index is 0.221. The van der Waals surface area contributed by atoms with Crippen molar-refractivity contribution in [3.8, 4) is 11.4 Å². The highest BCUT2D eigenvalue weighted by Crippen LogP contribution is 2.28. The van der Waals surface area contributed by atoms with Crippen molar-refractivity contribution < 1.29 is 4.39 Å². The summed E-state index contributed by atoms with van der Waals surface area (Å²) in [5.41, 5.74) is 10.6. The molecule has 0 unspecified atom stereocenters. The van der Waals surface area contributed by atoms with Crippen molar-refractivity contribution in [3.63, 3.8) is 0 Å². The molecule has 0 aliphatic heterocycles. The topological polar surface area (TPSA) is 43.8 Å². The second-order valence-corrected chi connectivity index (χ2v) is 5.17. The maximum atomic E-state index is 13.3. The Morgan fingerprint density at radius 1 is 1.19 bits per heavy atom. The predicted molar refractivity (Wildman–Crippen MR) is 83.4 cm³/mol. The number of hydrogen-bond donors (Lipinski definition) is 1. The number of hydrogen-bond acceptors (Lipinski definition) is 2. The summed E-state index contributed by atoms with van der Waals surface area (Å²) in [6.07, 6.45) is 0. The van der Waals surface area contributed by atoms with Crippen LogP contribution in [0.15, 0.2) is 36.4 Å². The van der Waals surface area contributed by atoms with Crippen molar-refractivity contribution in [1.82, 2.24) is 9.55 Å². The Morgan fingerprint density at radius 2 is 2.00 bits per heavy atom. The van der Waals surface area contributed by atoms with E-state index in [1.807, 2.05) is 19.1 Å². The smallest absolute Gasteiger partial charge is 0.141 e. The highest BCUT2D eigenvalue weighted by Gasteiger charge is 2.14. The molecule has 21 heavy (non-hydrogen) atoms. The second kappa shape index (κ2) is 5.30. The molecule has 2 aromatic carbocycles. The van der Waals surface area contributed by atoms with Gasteiger partial charge in [0.15, 0.2) is 0 Å². The lowest BCUT2D eigenvalue weighted by molar-refractivity contribution is 0.626. The maximum Gasteiger partial charge on any atom is 0.141 e. The molecule has 3 aromatic rings. The molecule has 0 aliphatic rings. The van der Waals surface area contributed by atoms with Crippen LogP contribution < -0.4 is 5.73 Å². The first-order valence-corrected chi connectivity index (χ1v) is 7.09. The lowest BCUT2D eigenvalue weighted by Crippen LogP contribution is -1.99. The Balaban J connectivity index is 2.26. The average Bonchev–Trinajstić information content (AvgIpc) is 2.84. The number of benzene rings is 2. The van der Waals surface area contributed by atoms with Crippen LogP contribution in [-0.4, -0.2) is 9.55 Å². The van der Waals surface area contributed by atoms with Gasteiger partial charge in [-0.25, -0.2) is 9.37 Å². The van der Waals surface area contributed by atoms with E-state index in [0.29, 0.717) is 6.54 Å². The number of aromatic nitrogens is 2. The summed E-state index contributed by atoms with van der Waals surface area (Å²) >= 11 is 0. The van der Waals surface area contributed by atoms with Crippen LogP contribution in [-0.2, 0) is 13.1 Å². The van der Waals surface area contributed by atoms with Gasteiger partial charge in [-0.05, 0) is 55.3 Å². The molecule has 0 bridgehead atoms. The summed E-state index contributed by atoms with van der Waals surface area (Å²) in [5, 5.41) is 0. The molecule has 1 aromatic heterocycles. The van der Waals surface area contributed by atoms with Crippen LogP contribution >= 0.6 is 0 Å². The highest BCUT2D eigenvalue weighted by molar-refractivity contribution is 5.82. The minimum atomic E-state index is -0.221. The zero-order valence-electron chi connectivity index (χ0n) is 12.2. The van der Waals surface area contributed by atoms with Crippen molar-refractivity contribution in [3.05, 3.63) is 53.3 Å². The molecule has 0 spiro atoms. The second-order valence-electron chi connectivity index (χ2n) is 5.17. The Labute approximate surface area is 123 Å². The third-order valence-corrected chi connectivity index (χ3v) is 3.79. The molecule has 0 amide bonds. The standard InChI is InChI=1S/C17H18FN3/c1-3-21-16-7-4-12(10-19)9-15(16)20-17(21)14-6-5-13(18)8-11(14)2/h4-9H,3,10,19H2,1-2H3. The van der Waals surface area contributed by atoms with Crippen LogP contribution in [0.3, 0.4) is 0 Å². The maximum absolute atomic E-state index is 13.3. The molecular weight excluding hydrogens is 265 g/mol. The Morgan fingerprint density at radius 3 is 2.67 bits per heavy atom. The number of nitrogens with zero attached hydrogens (tertiary/aromatic N) is 2. The quantitative estimate of drug-likeness (QED) is 0.797. The zero-order chi connectivity index (χ0) is 15.0. The first-order valence-electron chi connectivity index (χ1n) is 7.09. The summed E-state index contributed by atoms with van der Waals surface area (Å²) in [6, 6.07) is 10.9. The Hall–Kier alpha value is -2.20. The number of nitrogens with two attached hydrogens (primary N) is 1. The van der Waals surface area contributed by atoms with Gasteiger partial charge in [-0.1, -0.05) is 6.07 Å². The Bertz CT molecular complexity index is 805. The summed E-state index contributed by atoms with van der Waals surface area (Å²) in [5.74, 6) is 0.653. The van der Waals surface area contributed by atoms with Gasteiger partial charge in [0.1, 0.15) is 11.6 Å². The number of halogens is 1. The van der Waals surface area contributed by atoms with E-state index in [0.717, 1.165) is 40.1 Å². The van der Waals surface area contributed by atoms with Gasteiger partial charge in [-0.15, -0.1) is 0 Å². The number of imidazole rings is 1. The van der Waals surface area contributed by atoms with Gasteiger partial charge in [-0.3, -0.25) is 0 Å². The van der Waals surface area contributed by atoms with Crippen molar-refractivity contribution in [2.75, 3.05) is 0 Å². The first kappa shape index (κ1) is 13.8. The number of aryl methyl sites for hydroxylation is 2. The van der Waals surface area contributed by atoms with Crippen LogP contribution in [0.1, 0.15) is 18.1 Å². The SMILES string of the molecule is CCn1c(-c2ccc(F)cc2C)nc2cc(CN)ccc21. The largest absolute Gasteiger partial charge is 0.326 e. The summed E-state index contributed by atoms with van der Waals surface area (Å²) < 4.78 is 15.5. The lowest BCUT2D eigenvalue weighted by Gasteiger charge is -2.08. The molecule has 0 radical (unpaired) electrons. The number of fused-ring (bicyclic) bond motifs is 1. The molecule has 4 heteroatoms. The normalized spacial score (nSPS) is 11.2.